The van der Waals surface area contributed by atoms with Crippen molar-refractivity contribution in [3.63, 3.8) is 0 Å². The summed E-state index contributed by atoms with van der Waals surface area (Å²) in [5.74, 6) is -1.01. The van der Waals surface area contributed by atoms with Crippen LogP contribution in [-0.2, 0) is 22.5 Å². The standard InChI is InChI=1S/C24H21N3O4S/c1-3-15-8-10-16(11-9-15)18-13-32-22-21(18)23(29)27(14-25-22)12-20(28)26-19-7-5-4-6-17(19)24(30)31-2/h4-11,13-14H,3,12H2,1-2H3,(H,26,28). The van der Waals surface area contributed by atoms with Crippen molar-refractivity contribution in [3.05, 3.63) is 81.7 Å². The van der Waals surface area contributed by atoms with Gasteiger partial charge in [-0.25, -0.2) is 9.78 Å². The van der Waals surface area contributed by atoms with Gasteiger partial charge in [0, 0.05) is 10.9 Å². The molecule has 162 valence electrons. The molecule has 32 heavy (non-hydrogen) atoms. The minimum atomic E-state index is -0.557. The van der Waals surface area contributed by atoms with Crippen LogP contribution in [0.15, 0.2) is 65.0 Å². The predicted molar refractivity (Wildman–Crippen MR) is 125 cm³/mol. The molecule has 0 unspecified atom stereocenters. The number of para-hydroxylation sites is 1. The Kier molecular flexibility index (Phi) is 6.13. The zero-order chi connectivity index (χ0) is 22.7. The number of aryl methyl sites for hydroxylation is 1. The van der Waals surface area contributed by atoms with Gasteiger partial charge in [0.05, 0.1) is 30.1 Å². The molecule has 0 radical (unpaired) electrons. The molecule has 0 spiro atoms. The average molecular weight is 448 g/mol. The highest BCUT2D eigenvalue weighted by Crippen LogP contribution is 2.30. The van der Waals surface area contributed by atoms with Gasteiger partial charge in [-0.15, -0.1) is 11.3 Å². The molecule has 0 aliphatic rings. The molecule has 0 bridgehead atoms. The number of amides is 1. The molecule has 2 aromatic heterocycles. The van der Waals surface area contributed by atoms with Crippen molar-refractivity contribution in [1.82, 2.24) is 9.55 Å². The molecule has 2 heterocycles. The average Bonchev–Trinajstić information content (AvgIpc) is 3.26. The highest BCUT2D eigenvalue weighted by Gasteiger charge is 2.17. The predicted octanol–water partition coefficient (Wildman–Crippen LogP) is 4.11. The largest absolute Gasteiger partial charge is 0.465 e. The minimum absolute atomic E-state index is 0.235. The second kappa shape index (κ2) is 9.15. The summed E-state index contributed by atoms with van der Waals surface area (Å²) in [6.07, 6.45) is 2.31. The highest BCUT2D eigenvalue weighted by atomic mass is 32.1. The van der Waals surface area contributed by atoms with E-state index in [4.69, 9.17) is 4.74 Å². The number of rotatable bonds is 6. The maximum atomic E-state index is 13.2. The molecular weight excluding hydrogens is 426 g/mol. The van der Waals surface area contributed by atoms with Crippen LogP contribution in [0.1, 0.15) is 22.8 Å². The molecule has 0 aliphatic heterocycles. The number of ether oxygens (including phenoxy) is 1. The van der Waals surface area contributed by atoms with Gasteiger partial charge in [0.2, 0.25) is 5.91 Å². The minimum Gasteiger partial charge on any atom is -0.465 e. The molecule has 0 saturated carbocycles. The second-order valence-electron chi connectivity index (χ2n) is 7.14. The Morgan fingerprint density at radius 1 is 1.12 bits per heavy atom. The number of methoxy groups -OCH3 is 1. The smallest absolute Gasteiger partial charge is 0.339 e. The van der Waals surface area contributed by atoms with E-state index in [-0.39, 0.29) is 17.7 Å². The third-order valence-electron chi connectivity index (χ3n) is 5.15. The van der Waals surface area contributed by atoms with Gasteiger partial charge in [-0.3, -0.25) is 14.2 Å². The summed E-state index contributed by atoms with van der Waals surface area (Å²) in [6.45, 7) is 1.85. The fraction of sp³-hybridized carbons (Fsp3) is 0.167. The highest BCUT2D eigenvalue weighted by molar-refractivity contribution is 7.17. The zero-order valence-corrected chi connectivity index (χ0v) is 18.4. The van der Waals surface area contributed by atoms with Crippen molar-refractivity contribution in [2.75, 3.05) is 12.4 Å². The fourth-order valence-corrected chi connectivity index (χ4v) is 4.34. The Hall–Kier alpha value is -3.78. The van der Waals surface area contributed by atoms with Gasteiger partial charge >= 0.3 is 5.97 Å². The summed E-state index contributed by atoms with van der Waals surface area (Å²) in [6, 6.07) is 14.6. The zero-order valence-electron chi connectivity index (χ0n) is 17.6. The lowest BCUT2D eigenvalue weighted by molar-refractivity contribution is -0.116. The molecule has 4 rings (SSSR count). The molecule has 2 aromatic carbocycles. The van der Waals surface area contributed by atoms with Crippen LogP contribution >= 0.6 is 11.3 Å². The summed E-state index contributed by atoms with van der Waals surface area (Å²) in [5.41, 5.74) is 3.21. The first kappa shape index (κ1) is 21.5. The van der Waals surface area contributed by atoms with Gasteiger partial charge in [0.1, 0.15) is 11.4 Å². The van der Waals surface area contributed by atoms with Crippen LogP contribution in [0.25, 0.3) is 21.3 Å². The quantitative estimate of drug-likeness (QED) is 0.449. The summed E-state index contributed by atoms with van der Waals surface area (Å²) in [4.78, 5) is 42.8. The number of aromatic nitrogens is 2. The third kappa shape index (κ3) is 4.17. The number of hydrogen-bond acceptors (Lipinski definition) is 6. The van der Waals surface area contributed by atoms with Crippen LogP contribution in [0.3, 0.4) is 0 Å². The molecule has 1 amide bonds. The van der Waals surface area contributed by atoms with Gasteiger partial charge in [0.25, 0.3) is 5.56 Å². The number of carbonyl (C=O) groups excluding carboxylic acids is 2. The maximum absolute atomic E-state index is 13.2. The van der Waals surface area contributed by atoms with Crippen molar-refractivity contribution in [2.24, 2.45) is 0 Å². The van der Waals surface area contributed by atoms with Crippen LogP contribution in [0.4, 0.5) is 5.69 Å². The van der Waals surface area contributed by atoms with Crippen molar-refractivity contribution in [1.29, 1.82) is 0 Å². The number of esters is 1. The summed E-state index contributed by atoms with van der Waals surface area (Å²) < 4.78 is 6.02. The van der Waals surface area contributed by atoms with Gasteiger partial charge in [0.15, 0.2) is 0 Å². The van der Waals surface area contributed by atoms with Crippen molar-refractivity contribution < 1.29 is 14.3 Å². The number of nitrogens with one attached hydrogen (secondary N) is 1. The number of benzene rings is 2. The summed E-state index contributed by atoms with van der Waals surface area (Å²) in [5, 5.41) is 5.08. The Labute approximate surface area is 188 Å². The van der Waals surface area contributed by atoms with Crippen molar-refractivity contribution >= 4 is 39.1 Å². The van der Waals surface area contributed by atoms with Gasteiger partial charge in [-0.1, -0.05) is 43.3 Å². The van der Waals surface area contributed by atoms with E-state index >= 15 is 0 Å². The van der Waals surface area contributed by atoms with Gasteiger partial charge in [-0.05, 0) is 29.7 Å². The third-order valence-corrected chi connectivity index (χ3v) is 6.04. The van der Waals surface area contributed by atoms with E-state index < -0.39 is 11.9 Å². The molecule has 7 nitrogen and oxygen atoms in total. The molecule has 0 fully saturated rings. The van der Waals surface area contributed by atoms with Crippen LogP contribution in [-0.4, -0.2) is 28.5 Å². The summed E-state index contributed by atoms with van der Waals surface area (Å²) >= 11 is 1.39. The SMILES string of the molecule is CCc1ccc(-c2csc3ncn(CC(=O)Nc4ccccc4C(=O)OC)c(=O)c23)cc1. The normalized spacial score (nSPS) is 10.8. The van der Waals surface area contributed by atoms with Crippen molar-refractivity contribution in [2.45, 2.75) is 19.9 Å². The van der Waals surface area contributed by atoms with E-state index in [0.717, 1.165) is 17.5 Å². The van der Waals surface area contributed by atoms with E-state index in [9.17, 15) is 14.4 Å². The van der Waals surface area contributed by atoms with Crippen molar-refractivity contribution in [3.8, 4) is 11.1 Å². The molecule has 4 aromatic rings. The lowest BCUT2D eigenvalue weighted by Crippen LogP contribution is -2.28. The first-order valence-corrected chi connectivity index (χ1v) is 10.9. The molecule has 8 heteroatoms. The second-order valence-corrected chi connectivity index (χ2v) is 8.00. The number of thiophene rings is 1. The number of anilines is 1. The first-order chi connectivity index (χ1) is 15.5. The molecule has 0 aliphatic carbocycles. The Balaban J connectivity index is 1.63. The molecule has 0 atom stereocenters. The van der Waals surface area contributed by atoms with E-state index in [1.165, 1.54) is 34.9 Å². The van der Waals surface area contributed by atoms with E-state index in [2.05, 4.69) is 17.2 Å². The topological polar surface area (TPSA) is 90.3 Å². The Morgan fingerprint density at radius 2 is 1.88 bits per heavy atom. The van der Waals surface area contributed by atoms with E-state index in [0.29, 0.717) is 15.9 Å². The number of carbonyl (C=O) groups is 2. The Morgan fingerprint density at radius 3 is 2.59 bits per heavy atom. The molecule has 0 saturated heterocycles. The first-order valence-electron chi connectivity index (χ1n) is 10.0. The monoisotopic (exact) mass is 447 g/mol. The molecular formula is C24H21N3O4S. The van der Waals surface area contributed by atoms with E-state index in [1.54, 1.807) is 24.3 Å². The fourth-order valence-electron chi connectivity index (χ4n) is 3.44. The number of nitrogens with zero attached hydrogens (tertiary/aromatic N) is 2. The maximum Gasteiger partial charge on any atom is 0.339 e. The molecule has 1 N–H and O–H groups in total. The lowest BCUT2D eigenvalue weighted by atomic mass is 10.0. The Bertz CT molecular complexity index is 1360. The number of hydrogen-bond donors (Lipinski definition) is 1. The van der Waals surface area contributed by atoms with Crippen LogP contribution < -0.4 is 10.9 Å². The van der Waals surface area contributed by atoms with Crippen LogP contribution in [0.2, 0.25) is 0 Å². The van der Waals surface area contributed by atoms with E-state index in [1.807, 2.05) is 29.6 Å². The summed E-state index contributed by atoms with van der Waals surface area (Å²) in [7, 11) is 1.27. The lowest BCUT2D eigenvalue weighted by Gasteiger charge is -2.10. The van der Waals surface area contributed by atoms with Gasteiger partial charge in [-0.2, -0.15) is 0 Å². The van der Waals surface area contributed by atoms with Crippen LogP contribution in [0.5, 0.6) is 0 Å². The number of fused-ring (bicyclic) bond motifs is 1. The van der Waals surface area contributed by atoms with Crippen LogP contribution in [0, 0.1) is 0 Å². The van der Waals surface area contributed by atoms with Gasteiger partial charge < -0.3 is 10.1 Å².